The minimum absolute atomic E-state index is 0.0480. The van der Waals surface area contributed by atoms with Gasteiger partial charge in [-0.05, 0) is 55.8 Å². The molecule has 1 saturated carbocycles. The summed E-state index contributed by atoms with van der Waals surface area (Å²) in [6, 6.07) is 5.55. The molecule has 0 aliphatic heterocycles. The molecule has 0 radical (unpaired) electrons. The van der Waals surface area contributed by atoms with Gasteiger partial charge in [0.05, 0.1) is 5.56 Å². The quantitative estimate of drug-likeness (QED) is 0.838. The summed E-state index contributed by atoms with van der Waals surface area (Å²) in [6.45, 7) is 5.08. The van der Waals surface area contributed by atoms with Crippen molar-refractivity contribution in [3.05, 3.63) is 35.4 Å². The molecule has 3 unspecified atom stereocenters. The number of halogens is 3. The topological polar surface area (TPSA) is 12.0 Å². The molecule has 1 nitrogen and oxygen atoms in total. The van der Waals surface area contributed by atoms with E-state index in [4.69, 9.17) is 0 Å². The van der Waals surface area contributed by atoms with E-state index in [0.29, 0.717) is 11.5 Å². The molecule has 112 valence electrons. The van der Waals surface area contributed by atoms with Crippen LogP contribution in [0.25, 0.3) is 0 Å². The molecule has 1 aliphatic carbocycles. The summed E-state index contributed by atoms with van der Waals surface area (Å²) in [5.74, 6) is 1.45. The molecule has 0 spiro atoms. The Morgan fingerprint density at radius 3 is 2.65 bits per heavy atom. The van der Waals surface area contributed by atoms with Gasteiger partial charge in [0.2, 0.25) is 0 Å². The first-order valence-corrected chi connectivity index (χ1v) is 7.27. The molecule has 0 heterocycles. The molecule has 1 aromatic rings. The van der Waals surface area contributed by atoms with Crippen molar-refractivity contribution < 1.29 is 13.2 Å². The molecule has 0 amide bonds. The van der Waals surface area contributed by atoms with Gasteiger partial charge in [0.1, 0.15) is 0 Å². The van der Waals surface area contributed by atoms with Crippen LogP contribution in [-0.4, -0.2) is 6.54 Å². The zero-order chi connectivity index (χ0) is 14.8. The first-order chi connectivity index (χ1) is 9.36. The lowest BCUT2D eigenvalue weighted by molar-refractivity contribution is -0.137. The third-order valence-electron chi connectivity index (χ3n) is 4.23. The van der Waals surface area contributed by atoms with E-state index in [2.05, 4.69) is 12.2 Å². The maximum absolute atomic E-state index is 12.7. The van der Waals surface area contributed by atoms with Crippen LogP contribution < -0.4 is 5.32 Å². The Bertz CT molecular complexity index is 442. The van der Waals surface area contributed by atoms with Crippen molar-refractivity contribution in [3.63, 3.8) is 0 Å². The molecule has 0 bridgehead atoms. The second-order valence-corrected chi connectivity index (χ2v) is 6.04. The van der Waals surface area contributed by atoms with Gasteiger partial charge >= 0.3 is 6.18 Å². The maximum Gasteiger partial charge on any atom is 0.416 e. The van der Waals surface area contributed by atoms with E-state index in [1.807, 2.05) is 6.92 Å². The van der Waals surface area contributed by atoms with Gasteiger partial charge in [-0.25, -0.2) is 0 Å². The van der Waals surface area contributed by atoms with E-state index in [-0.39, 0.29) is 6.04 Å². The van der Waals surface area contributed by atoms with Crippen molar-refractivity contribution in [3.8, 4) is 0 Å². The van der Waals surface area contributed by atoms with Crippen molar-refractivity contribution in [2.45, 2.75) is 45.3 Å². The number of alkyl halides is 3. The van der Waals surface area contributed by atoms with E-state index < -0.39 is 11.7 Å². The second kappa shape index (κ2) is 6.17. The first-order valence-electron chi connectivity index (χ1n) is 7.27. The Morgan fingerprint density at radius 1 is 1.30 bits per heavy atom. The van der Waals surface area contributed by atoms with Gasteiger partial charge < -0.3 is 5.32 Å². The molecule has 20 heavy (non-hydrogen) atoms. The molecule has 2 rings (SSSR count). The summed E-state index contributed by atoms with van der Waals surface area (Å²) in [6.07, 6.45) is -0.549. The average Bonchev–Trinajstić information content (AvgIpc) is 2.81. The highest BCUT2D eigenvalue weighted by Crippen LogP contribution is 2.32. The monoisotopic (exact) mass is 285 g/mol. The average molecular weight is 285 g/mol. The Balaban J connectivity index is 1.93. The number of hydrogen-bond acceptors (Lipinski definition) is 1. The highest BCUT2D eigenvalue weighted by atomic mass is 19.4. The van der Waals surface area contributed by atoms with Gasteiger partial charge in [-0.3, -0.25) is 0 Å². The fourth-order valence-corrected chi connectivity index (χ4v) is 2.96. The molecule has 1 aromatic carbocycles. The van der Waals surface area contributed by atoms with Crippen LogP contribution in [0.15, 0.2) is 24.3 Å². The standard InChI is InChI=1S/C16H22F3N/c1-11-6-7-13(8-11)10-20-12(2)14-4-3-5-15(9-14)16(17,18)19/h3-5,9,11-13,20H,6-8,10H2,1-2H3. The highest BCUT2D eigenvalue weighted by Gasteiger charge is 2.30. The first kappa shape index (κ1) is 15.4. The molecule has 1 fully saturated rings. The fraction of sp³-hybridized carbons (Fsp3) is 0.625. The lowest BCUT2D eigenvalue weighted by Crippen LogP contribution is -2.25. The van der Waals surface area contributed by atoms with E-state index in [0.717, 1.165) is 18.5 Å². The zero-order valence-electron chi connectivity index (χ0n) is 12.0. The number of benzene rings is 1. The van der Waals surface area contributed by atoms with Crippen LogP contribution in [0, 0.1) is 11.8 Å². The van der Waals surface area contributed by atoms with Crippen LogP contribution in [0.2, 0.25) is 0 Å². The number of rotatable bonds is 4. The third kappa shape index (κ3) is 3.98. The van der Waals surface area contributed by atoms with Gasteiger partial charge in [-0.15, -0.1) is 0 Å². The number of nitrogens with one attached hydrogen (secondary N) is 1. The van der Waals surface area contributed by atoms with E-state index in [1.165, 1.54) is 31.4 Å². The van der Waals surface area contributed by atoms with Crippen LogP contribution >= 0.6 is 0 Å². The Labute approximate surface area is 118 Å². The van der Waals surface area contributed by atoms with Crippen LogP contribution in [0.3, 0.4) is 0 Å². The van der Waals surface area contributed by atoms with E-state index >= 15 is 0 Å². The second-order valence-electron chi connectivity index (χ2n) is 6.04. The van der Waals surface area contributed by atoms with Gasteiger partial charge in [0, 0.05) is 6.04 Å². The van der Waals surface area contributed by atoms with Crippen LogP contribution in [0.1, 0.15) is 50.3 Å². The summed E-state index contributed by atoms with van der Waals surface area (Å²) in [5.41, 5.74) is 0.129. The molecule has 3 atom stereocenters. The fourth-order valence-electron chi connectivity index (χ4n) is 2.96. The smallest absolute Gasteiger partial charge is 0.310 e. The lowest BCUT2D eigenvalue weighted by atomic mass is 10.0. The van der Waals surface area contributed by atoms with Gasteiger partial charge in [0.15, 0.2) is 0 Å². The van der Waals surface area contributed by atoms with Gasteiger partial charge in [0.25, 0.3) is 0 Å². The molecule has 1 aliphatic rings. The highest BCUT2D eigenvalue weighted by molar-refractivity contribution is 5.27. The molecule has 4 heteroatoms. The van der Waals surface area contributed by atoms with Gasteiger partial charge in [-0.1, -0.05) is 25.5 Å². The van der Waals surface area contributed by atoms with E-state index in [9.17, 15) is 13.2 Å². The zero-order valence-corrected chi connectivity index (χ0v) is 12.0. The van der Waals surface area contributed by atoms with Crippen LogP contribution in [-0.2, 0) is 6.18 Å². The summed E-state index contributed by atoms with van der Waals surface area (Å²) in [4.78, 5) is 0. The third-order valence-corrected chi connectivity index (χ3v) is 4.23. The van der Waals surface area contributed by atoms with Crippen molar-refractivity contribution in [1.29, 1.82) is 0 Å². The Kier molecular flexibility index (Phi) is 4.74. The molecule has 1 N–H and O–H groups in total. The predicted octanol–water partition coefficient (Wildman–Crippen LogP) is 4.79. The number of hydrogen-bond donors (Lipinski definition) is 1. The van der Waals surface area contributed by atoms with Crippen LogP contribution in [0.5, 0.6) is 0 Å². The summed E-state index contributed by atoms with van der Waals surface area (Å²) in [5, 5.41) is 3.37. The summed E-state index contributed by atoms with van der Waals surface area (Å²) >= 11 is 0. The van der Waals surface area contributed by atoms with Crippen LogP contribution in [0.4, 0.5) is 13.2 Å². The normalized spacial score (nSPS) is 24.9. The van der Waals surface area contributed by atoms with Crippen molar-refractivity contribution >= 4 is 0 Å². The Morgan fingerprint density at radius 2 is 2.05 bits per heavy atom. The van der Waals surface area contributed by atoms with Crippen molar-refractivity contribution in [2.75, 3.05) is 6.54 Å². The van der Waals surface area contributed by atoms with Crippen molar-refractivity contribution in [2.24, 2.45) is 11.8 Å². The molecule has 0 aromatic heterocycles. The summed E-state index contributed by atoms with van der Waals surface area (Å²) in [7, 11) is 0. The van der Waals surface area contributed by atoms with Gasteiger partial charge in [-0.2, -0.15) is 13.2 Å². The maximum atomic E-state index is 12.7. The Hall–Kier alpha value is -1.03. The summed E-state index contributed by atoms with van der Waals surface area (Å²) < 4.78 is 38.1. The van der Waals surface area contributed by atoms with Crippen molar-refractivity contribution in [1.82, 2.24) is 5.32 Å². The SMILES string of the molecule is CC1CCC(CNC(C)c2cccc(C(F)(F)F)c2)C1. The molecular formula is C16H22F3N. The minimum Gasteiger partial charge on any atom is -0.310 e. The predicted molar refractivity (Wildman–Crippen MR) is 74.4 cm³/mol. The molecule has 0 saturated heterocycles. The lowest BCUT2D eigenvalue weighted by Gasteiger charge is -2.18. The van der Waals surface area contributed by atoms with E-state index in [1.54, 1.807) is 6.07 Å². The molecular weight excluding hydrogens is 263 g/mol. The largest absolute Gasteiger partial charge is 0.416 e. The minimum atomic E-state index is -4.27.